The number of hydrazone groups is 2. The lowest BCUT2D eigenvalue weighted by Gasteiger charge is -2.25. The third kappa shape index (κ3) is 6.01. The van der Waals surface area contributed by atoms with Crippen molar-refractivity contribution in [2.24, 2.45) is 10.2 Å². The van der Waals surface area contributed by atoms with Crippen LogP contribution in [0.3, 0.4) is 0 Å². The number of hydrazine groups is 2. The summed E-state index contributed by atoms with van der Waals surface area (Å²) in [5.41, 5.74) is 11.1. The molecule has 3 heterocycles. The van der Waals surface area contributed by atoms with Gasteiger partial charge in [0.25, 0.3) is 0 Å². The van der Waals surface area contributed by atoms with E-state index in [4.69, 9.17) is 4.98 Å². The Morgan fingerprint density at radius 3 is 1.59 bits per heavy atom. The average molecular weight is 372 g/mol. The van der Waals surface area contributed by atoms with Crippen LogP contribution in [0.25, 0.3) is 0 Å². The van der Waals surface area contributed by atoms with E-state index < -0.39 is 0 Å². The number of nitrogens with zero attached hydrogens (tertiary/aromatic N) is 5. The van der Waals surface area contributed by atoms with Crippen molar-refractivity contribution in [2.45, 2.75) is 59.3 Å². The third-order valence-electron chi connectivity index (χ3n) is 5.14. The number of hydrogen-bond acceptors (Lipinski definition) is 7. The molecule has 27 heavy (non-hydrogen) atoms. The summed E-state index contributed by atoms with van der Waals surface area (Å²) in [5, 5.41) is 13.4. The van der Waals surface area contributed by atoms with Crippen LogP contribution in [0.2, 0.25) is 0 Å². The fourth-order valence-electron chi connectivity index (χ4n) is 3.43. The highest BCUT2D eigenvalue weighted by atomic mass is 15.7. The van der Waals surface area contributed by atoms with Crippen LogP contribution in [-0.2, 0) is 0 Å². The Hall–Kier alpha value is -1.99. The minimum absolute atomic E-state index is 0.891. The zero-order valence-corrected chi connectivity index (χ0v) is 17.0. The second-order valence-corrected chi connectivity index (χ2v) is 7.60. The van der Waals surface area contributed by atoms with Gasteiger partial charge >= 0.3 is 0 Å². The van der Waals surface area contributed by atoms with Crippen LogP contribution < -0.4 is 11.1 Å². The minimum Gasteiger partial charge on any atom is -0.245 e. The second kappa shape index (κ2) is 9.80. The maximum Gasteiger partial charge on any atom is 0.0870 e. The smallest absolute Gasteiger partial charge is 0.0870 e. The first-order valence-electron chi connectivity index (χ1n) is 10.2. The van der Waals surface area contributed by atoms with Gasteiger partial charge in [0, 0.05) is 26.2 Å². The van der Waals surface area contributed by atoms with E-state index in [2.05, 4.69) is 50.3 Å². The fraction of sp³-hybridized carbons (Fsp3) is 0.650. The highest BCUT2D eigenvalue weighted by molar-refractivity contribution is 6.00. The van der Waals surface area contributed by atoms with E-state index in [9.17, 15) is 0 Å². The summed E-state index contributed by atoms with van der Waals surface area (Å²) in [6.45, 7) is 10.3. The third-order valence-corrected chi connectivity index (χ3v) is 5.14. The van der Waals surface area contributed by atoms with Gasteiger partial charge in [0.05, 0.1) is 22.8 Å². The van der Waals surface area contributed by atoms with E-state index in [0.717, 1.165) is 54.6 Å². The molecule has 7 heteroatoms. The predicted molar refractivity (Wildman–Crippen MR) is 111 cm³/mol. The maximum atomic E-state index is 4.78. The zero-order valence-electron chi connectivity index (χ0n) is 17.0. The number of rotatable bonds is 6. The van der Waals surface area contributed by atoms with Gasteiger partial charge in [-0.05, 0) is 64.2 Å². The van der Waals surface area contributed by atoms with Gasteiger partial charge in [0.1, 0.15) is 0 Å². The van der Waals surface area contributed by atoms with Crippen LogP contribution in [-0.4, -0.2) is 52.6 Å². The quantitative estimate of drug-likeness (QED) is 0.594. The molecule has 1 aromatic rings. The molecule has 1 aromatic heterocycles. The highest BCUT2D eigenvalue weighted by Crippen LogP contribution is 2.10. The van der Waals surface area contributed by atoms with Crippen LogP contribution >= 0.6 is 0 Å². The molecule has 0 atom stereocenters. The molecule has 2 fully saturated rings. The lowest BCUT2D eigenvalue weighted by molar-refractivity contribution is 0.158. The Morgan fingerprint density at radius 2 is 1.19 bits per heavy atom. The van der Waals surface area contributed by atoms with Crippen molar-refractivity contribution in [1.29, 1.82) is 0 Å². The van der Waals surface area contributed by atoms with Crippen molar-refractivity contribution < 1.29 is 0 Å². The lowest BCUT2D eigenvalue weighted by Crippen LogP contribution is -2.39. The summed E-state index contributed by atoms with van der Waals surface area (Å²) in [6, 6.07) is 4.15. The summed E-state index contributed by atoms with van der Waals surface area (Å²) in [4.78, 5) is 4.78. The van der Waals surface area contributed by atoms with Crippen LogP contribution in [0, 0.1) is 6.92 Å². The fourth-order valence-corrected chi connectivity index (χ4v) is 3.43. The van der Waals surface area contributed by atoms with Gasteiger partial charge in [-0.25, -0.2) is 26.1 Å². The van der Waals surface area contributed by atoms with Gasteiger partial charge in [0.2, 0.25) is 0 Å². The molecule has 7 nitrogen and oxygen atoms in total. The Morgan fingerprint density at radius 1 is 0.778 bits per heavy atom. The minimum atomic E-state index is 0.891. The van der Waals surface area contributed by atoms with E-state index in [1.54, 1.807) is 0 Å². The molecule has 3 rings (SSSR count). The van der Waals surface area contributed by atoms with Crippen molar-refractivity contribution in [3.05, 3.63) is 29.1 Å². The van der Waals surface area contributed by atoms with E-state index in [-0.39, 0.29) is 0 Å². The Bertz CT molecular complexity index is 617. The van der Waals surface area contributed by atoms with Crippen LogP contribution in [0.1, 0.15) is 69.3 Å². The van der Waals surface area contributed by atoms with E-state index in [1.165, 1.54) is 38.5 Å². The Labute approximate surface area is 162 Å². The summed E-state index contributed by atoms with van der Waals surface area (Å²) in [7, 11) is 0. The van der Waals surface area contributed by atoms with E-state index >= 15 is 0 Å². The molecule has 2 saturated heterocycles. The predicted octanol–water partition coefficient (Wildman–Crippen LogP) is 2.82. The van der Waals surface area contributed by atoms with Gasteiger partial charge in [-0.2, -0.15) is 10.2 Å². The standard InChI is InChI=1S/C20H33N7/c1-16-14-19(17(2)22-24-26-10-6-4-7-11-26)21-20(15-16)18(3)23-25-27-12-8-5-9-13-27/h14-15,24-25H,4-13H2,1-3H3. The monoisotopic (exact) mass is 371 g/mol. The van der Waals surface area contributed by atoms with E-state index in [1.807, 2.05) is 13.8 Å². The lowest BCUT2D eigenvalue weighted by atomic mass is 10.1. The number of aryl methyl sites for hydroxylation is 1. The average Bonchev–Trinajstić information content (AvgIpc) is 2.71. The number of hydrogen-bond donors (Lipinski definition) is 2. The molecule has 0 aliphatic carbocycles. The summed E-state index contributed by atoms with van der Waals surface area (Å²) in [5.74, 6) is 0. The highest BCUT2D eigenvalue weighted by Gasteiger charge is 2.11. The molecule has 2 aliphatic heterocycles. The van der Waals surface area contributed by atoms with Crippen molar-refractivity contribution in [1.82, 2.24) is 26.1 Å². The number of nitrogens with one attached hydrogen (secondary N) is 2. The first-order valence-corrected chi connectivity index (χ1v) is 10.2. The maximum absolute atomic E-state index is 4.78. The van der Waals surface area contributed by atoms with Gasteiger partial charge in [-0.15, -0.1) is 0 Å². The number of piperidine rings is 2. The van der Waals surface area contributed by atoms with Crippen molar-refractivity contribution >= 4 is 11.4 Å². The molecule has 0 radical (unpaired) electrons. The van der Waals surface area contributed by atoms with Crippen LogP contribution in [0.5, 0.6) is 0 Å². The molecule has 2 aliphatic rings. The van der Waals surface area contributed by atoms with Crippen molar-refractivity contribution in [3.8, 4) is 0 Å². The second-order valence-electron chi connectivity index (χ2n) is 7.60. The SMILES string of the molecule is CC(=NNN1CCCCC1)c1cc(C)cc(C(C)=NNN2CCCCC2)n1. The normalized spacial score (nSPS) is 20.6. The van der Waals surface area contributed by atoms with Gasteiger partial charge in [-0.3, -0.25) is 0 Å². The molecule has 0 aromatic carbocycles. The molecule has 0 bridgehead atoms. The van der Waals surface area contributed by atoms with Crippen molar-refractivity contribution in [3.63, 3.8) is 0 Å². The topological polar surface area (TPSA) is 68.2 Å². The number of pyridine rings is 1. The van der Waals surface area contributed by atoms with E-state index in [0.29, 0.717) is 0 Å². The van der Waals surface area contributed by atoms with Gasteiger partial charge < -0.3 is 0 Å². The molecule has 148 valence electrons. The molecule has 0 spiro atoms. The summed E-state index contributed by atoms with van der Waals surface area (Å²) < 4.78 is 0. The molecule has 0 saturated carbocycles. The molecule has 0 amide bonds. The first kappa shape index (κ1) is 19.8. The van der Waals surface area contributed by atoms with Crippen molar-refractivity contribution in [2.75, 3.05) is 26.2 Å². The zero-order chi connectivity index (χ0) is 19.1. The van der Waals surface area contributed by atoms with Crippen LogP contribution in [0.4, 0.5) is 0 Å². The number of aromatic nitrogens is 1. The summed E-state index contributed by atoms with van der Waals surface area (Å²) >= 11 is 0. The van der Waals surface area contributed by atoms with Gasteiger partial charge in [-0.1, -0.05) is 12.8 Å². The first-order chi connectivity index (χ1) is 13.1. The molecular weight excluding hydrogens is 338 g/mol. The molecule has 2 N–H and O–H groups in total. The molecule has 0 unspecified atom stereocenters. The largest absolute Gasteiger partial charge is 0.245 e. The van der Waals surface area contributed by atoms with Gasteiger partial charge in [0.15, 0.2) is 0 Å². The Kier molecular flexibility index (Phi) is 7.18. The molecular formula is C20H33N7. The van der Waals surface area contributed by atoms with Crippen LogP contribution in [0.15, 0.2) is 22.3 Å². The Balaban J connectivity index is 1.66. The summed E-state index contributed by atoms with van der Waals surface area (Å²) in [6.07, 6.45) is 7.55.